The molecule has 0 amide bonds. The first-order valence-electron chi connectivity index (χ1n) is 9.60. The van der Waals surface area contributed by atoms with Gasteiger partial charge in [0, 0.05) is 19.7 Å². The Hall–Kier alpha value is -2.38. The fourth-order valence-electron chi connectivity index (χ4n) is 3.50. The summed E-state index contributed by atoms with van der Waals surface area (Å²) in [5.74, 6) is -0.521. The fraction of sp³-hybridized carbons (Fsp3) is 0.409. The van der Waals surface area contributed by atoms with E-state index < -0.39 is 15.8 Å². The average Bonchev–Trinajstić information content (AvgIpc) is 2.90. The van der Waals surface area contributed by atoms with Crippen LogP contribution in [-0.2, 0) is 28.9 Å². The molecule has 0 bridgehead atoms. The molecule has 0 saturated carbocycles. The van der Waals surface area contributed by atoms with Crippen molar-refractivity contribution >= 4 is 21.1 Å². The standard InChI is InChI=1S/C22H28N2O4S/c1-14-11-16(22(3,4)5)12-15(2)18(14)9-10-23-29(26,27)17-7-8-19-20(13-17)28-21(25)24(19)6/h7-8,11-13,23H,9-10H2,1-6H3. The highest BCUT2D eigenvalue weighted by molar-refractivity contribution is 7.89. The molecule has 0 saturated heterocycles. The number of benzene rings is 2. The molecule has 3 aromatic rings. The highest BCUT2D eigenvalue weighted by Gasteiger charge is 2.18. The zero-order valence-electron chi connectivity index (χ0n) is 17.8. The number of sulfonamides is 1. The van der Waals surface area contributed by atoms with Gasteiger partial charge < -0.3 is 4.42 Å². The van der Waals surface area contributed by atoms with Crippen LogP contribution in [0.3, 0.4) is 0 Å². The van der Waals surface area contributed by atoms with Crippen molar-refractivity contribution < 1.29 is 12.8 Å². The van der Waals surface area contributed by atoms with Crippen LogP contribution >= 0.6 is 0 Å². The summed E-state index contributed by atoms with van der Waals surface area (Å²) in [6.07, 6.45) is 0.601. The van der Waals surface area contributed by atoms with E-state index in [1.165, 1.54) is 33.4 Å². The highest BCUT2D eigenvalue weighted by Crippen LogP contribution is 2.27. The predicted octanol–water partition coefficient (Wildman–Crippen LogP) is 3.57. The second-order valence-electron chi connectivity index (χ2n) is 8.54. The van der Waals surface area contributed by atoms with Gasteiger partial charge in [-0.3, -0.25) is 4.57 Å². The summed E-state index contributed by atoms with van der Waals surface area (Å²) in [5, 5.41) is 0. The second kappa shape index (κ2) is 7.46. The minimum atomic E-state index is -3.70. The molecule has 0 radical (unpaired) electrons. The number of aromatic nitrogens is 1. The Morgan fingerprint density at radius 2 is 1.69 bits per heavy atom. The summed E-state index contributed by atoms with van der Waals surface area (Å²) >= 11 is 0. The number of hydrogen-bond acceptors (Lipinski definition) is 4. The molecule has 0 aliphatic heterocycles. The van der Waals surface area contributed by atoms with Crippen LogP contribution in [0.1, 0.15) is 43.0 Å². The van der Waals surface area contributed by atoms with Gasteiger partial charge in [-0.05, 0) is 60.1 Å². The monoisotopic (exact) mass is 416 g/mol. The molecule has 0 fully saturated rings. The molecule has 0 spiro atoms. The van der Waals surface area contributed by atoms with Gasteiger partial charge in [0.15, 0.2) is 5.58 Å². The third kappa shape index (κ3) is 4.31. The highest BCUT2D eigenvalue weighted by atomic mass is 32.2. The topological polar surface area (TPSA) is 81.3 Å². The first kappa shape index (κ1) is 21.3. The third-order valence-corrected chi connectivity index (χ3v) is 6.76. The number of rotatable bonds is 5. The minimum Gasteiger partial charge on any atom is -0.408 e. The van der Waals surface area contributed by atoms with Crippen LogP contribution in [0.5, 0.6) is 0 Å². The van der Waals surface area contributed by atoms with Gasteiger partial charge in [-0.2, -0.15) is 0 Å². The van der Waals surface area contributed by atoms with Gasteiger partial charge in [0.2, 0.25) is 10.0 Å². The molecule has 29 heavy (non-hydrogen) atoms. The lowest BCUT2D eigenvalue weighted by atomic mass is 9.83. The van der Waals surface area contributed by atoms with E-state index in [4.69, 9.17) is 4.42 Å². The van der Waals surface area contributed by atoms with Crippen molar-refractivity contribution in [2.45, 2.75) is 51.3 Å². The minimum absolute atomic E-state index is 0.0702. The van der Waals surface area contributed by atoms with Crippen molar-refractivity contribution in [3.8, 4) is 0 Å². The van der Waals surface area contributed by atoms with Crippen LogP contribution in [0.15, 0.2) is 44.4 Å². The van der Waals surface area contributed by atoms with Gasteiger partial charge in [-0.1, -0.05) is 32.9 Å². The van der Waals surface area contributed by atoms with Gasteiger partial charge in [-0.25, -0.2) is 17.9 Å². The summed E-state index contributed by atoms with van der Waals surface area (Å²) in [6.45, 7) is 11.0. The number of oxazole rings is 1. The maximum atomic E-state index is 12.7. The van der Waals surface area contributed by atoms with E-state index in [0.29, 0.717) is 11.9 Å². The van der Waals surface area contributed by atoms with Crippen LogP contribution in [-0.4, -0.2) is 19.5 Å². The Kier molecular flexibility index (Phi) is 5.49. The van der Waals surface area contributed by atoms with Crippen molar-refractivity contribution in [2.75, 3.05) is 6.54 Å². The summed E-state index contributed by atoms with van der Waals surface area (Å²) < 4.78 is 34.4. The molecule has 0 atom stereocenters. The van der Waals surface area contributed by atoms with E-state index in [2.05, 4.69) is 51.5 Å². The van der Waals surface area contributed by atoms with Crippen LogP contribution in [0.2, 0.25) is 0 Å². The Labute approximate surface area is 171 Å². The first-order chi connectivity index (χ1) is 13.4. The summed E-state index contributed by atoms with van der Waals surface area (Å²) in [4.78, 5) is 11.7. The van der Waals surface area contributed by atoms with Crippen LogP contribution in [0.25, 0.3) is 11.1 Å². The quantitative estimate of drug-likeness (QED) is 0.689. The van der Waals surface area contributed by atoms with E-state index in [9.17, 15) is 13.2 Å². The third-order valence-electron chi connectivity index (χ3n) is 5.30. The molecular weight excluding hydrogens is 388 g/mol. The van der Waals surface area contributed by atoms with Crippen LogP contribution < -0.4 is 10.5 Å². The molecule has 1 aromatic heterocycles. The Morgan fingerprint density at radius 1 is 1.07 bits per heavy atom. The smallest absolute Gasteiger partial charge is 0.408 e. The summed E-state index contributed by atoms with van der Waals surface area (Å²) in [6, 6.07) is 8.81. The number of nitrogens with zero attached hydrogens (tertiary/aromatic N) is 1. The van der Waals surface area contributed by atoms with E-state index in [0.717, 1.165) is 5.56 Å². The van der Waals surface area contributed by atoms with Gasteiger partial charge in [0.05, 0.1) is 10.4 Å². The predicted molar refractivity (Wildman–Crippen MR) is 115 cm³/mol. The molecule has 0 aliphatic carbocycles. The number of nitrogens with one attached hydrogen (secondary N) is 1. The second-order valence-corrected chi connectivity index (χ2v) is 10.3. The van der Waals surface area contributed by atoms with Crippen molar-refractivity contribution in [3.05, 3.63) is 63.1 Å². The van der Waals surface area contributed by atoms with E-state index in [1.807, 2.05) is 0 Å². The largest absolute Gasteiger partial charge is 0.419 e. The molecule has 0 unspecified atom stereocenters. The SMILES string of the molecule is Cc1cc(C(C)(C)C)cc(C)c1CCNS(=O)(=O)c1ccc2c(c1)oc(=O)n2C. The first-order valence-corrected chi connectivity index (χ1v) is 11.1. The van der Waals surface area contributed by atoms with Crippen molar-refractivity contribution in [2.24, 2.45) is 7.05 Å². The lowest BCUT2D eigenvalue weighted by molar-refractivity contribution is 0.527. The maximum Gasteiger partial charge on any atom is 0.419 e. The Balaban J connectivity index is 1.77. The molecule has 3 rings (SSSR count). The van der Waals surface area contributed by atoms with E-state index in [-0.39, 0.29) is 22.4 Å². The van der Waals surface area contributed by atoms with Gasteiger partial charge in [0.1, 0.15) is 0 Å². The van der Waals surface area contributed by atoms with Crippen molar-refractivity contribution in [1.29, 1.82) is 0 Å². The van der Waals surface area contributed by atoms with Crippen molar-refractivity contribution in [3.63, 3.8) is 0 Å². The zero-order valence-corrected chi connectivity index (χ0v) is 18.6. The van der Waals surface area contributed by atoms with Crippen LogP contribution in [0, 0.1) is 13.8 Å². The molecule has 1 heterocycles. The summed E-state index contributed by atoms with van der Waals surface area (Å²) in [7, 11) is -2.12. The van der Waals surface area contributed by atoms with Gasteiger partial charge in [-0.15, -0.1) is 0 Å². The molecule has 2 aromatic carbocycles. The van der Waals surface area contributed by atoms with Crippen molar-refractivity contribution in [1.82, 2.24) is 9.29 Å². The zero-order chi connectivity index (χ0) is 21.6. The lowest BCUT2D eigenvalue weighted by Crippen LogP contribution is -2.26. The van der Waals surface area contributed by atoms with E-state index >= 15 is 0 Å². The Bertz CT molecular complexity index is 1200. The maximum absolute atomic E-state index is 12.7. The molecule has 156 valence electrons. The lowest BCUT2D eigenvalue weighted by Gasteiger charge is -2.22. The normalized spacial score (nSPS) is 12.6. The van der Waals surface area contributed by atoms with E-state index in [1.54, 1.807) is 13.1 Å². The molecule has 6 nitrogen and oxygen atoms in total. The molecular formula is C22H28N2O4S. The fourth-order valence-corrected chi connectivity index (χ4v) is 4.54. The molecule has 7 heteroatoms. The van der Waals surface area contributed by atoms with Gasteiger partial charge in [0.25, 0.3) is 0 Å². The molecule has 1 N–H and O–H groups in total. The molecule has 0 aliphatic rings. The van der Waals surface area contributed by atoms with Gasteiger partial charge >= 0.3 is 5.76 Å². The average molecular weight is 417 g/mol. The number of hydrogen-bond donors (Lipinski definition) is 1. The Morgan fingerprint density at radius 3 is 2.28 bits per heavy atom. The number of aryl methyl sites for hydroxylation is 3. The summed E-state index contributed by atoms with van der Waals surface area (Å²) in [5.41, 5.74) is 5.65. The van der Waals surface area contributed by atoms with Crippen LogP contribution in [0.4, 0.5) is 0 Å². The number of fused-ring (bicyclic) bond motifs is 1.